The Balaban J connectivity index is 2.33. The number of nitriles is 1. The molecule has 1 aromatic rings. The van der Waals surface area contributed by atoms with Crippen LogP contribution in [0.15, 0.2) is 0 Å². The lowest BCUT2D eigenvalue weighted by Gasteiger charge is -2.27. The normalized spacial score (nSPS) is 22.9. The van der Waals surface area contributed by atoms with Gasteiger partial charge in [0.2, 0.25) is 17.2 Å². The summed E-state index contributed by atoms with van der Waals surface area (Å²) in [6.45, 7) is 9.17. The molecular weight excluding hydrogens is 332 g/mol. The van der Waals surface area contributed by atoms with Gasteiger partial charge in [-0.25, -0.2) is 0 Å². The first kappa shape index (κ1) is 18.1. The minimum atomic E-state index is -0.306. The maximum atomic E-state index is 9.63. The van der Waals surface area contributed by atoms with Gasteiger partial charge >= 0.3 is 0 Å². The predicted molar refractivity (Wildman–Crippen MR) is 95.9 cm³/mol. The predicted octanol–water partition coefficient (Wildman–Crippen LogP) is 3.70. The smallest absolute Gasteiger partial charge is 0.233 e. The van der Waals surface area contributed by atoms with Crippen LogP contribution in [0.25, 0.3) is 0 Å². The molecule has 0 saturated carbocycles. The molecule has 1 aromatic heterocycles. The second-order valence-corrected chi connectivity index (χ2v) is 8.20. The average molecular weight is 355 g/mol. The van der Waals surface area contributed by atoms with E-state index in [2.05, 4.69) is 54.0 Å². The molecule has 2 rings (SSSR count). The number of halogens is 1. The summed E-state index contributed by atoms with van der Waals surface area (Å²) in [5.41, 5.74) is 0. The molecule has 8 heteroatoms. The Bertz CT molecular complexity index is 588. The minimum absolute atomic E-state index is 0.148. The first-order chi connectivity index (χ1) is 10.9. The monoisotopic (exact) mass is 354 g/mol. The highest BCUT2D eigenvalue weighted by Crippen LogP contribution is 2.46. The Morgan fingerprint density at radius 2 is 2.09 bits per heavy atom. The molecule has 2 unspecified atom stereocenters. The maximum absolute atomic E-state index is 9.63. The largest absolute Gasteiger partial charge is 0.354 e. The van der Waals surface area contributed by atoms with Crippen molar-refractivity contribution < 1.29 is 0 Å². The molecule has 0 amide bonds. The minimum Gasteiger partial charge on any atom is -0.354 e. The highest BCUT2D eigenvalue weighted by molar-refractivity contribution is 8.01. The lowest BCUT2D eigenvalue weighted by molar-refractivity contribution is 0.587. The highest BCUT2D eigenvalue weighted by Gasteiger charge is 2.48. The van der Waals surface area contributed by atoms with Crippen molar-refractivity contribution in [1.82, 2.24) is 15.0 Å². The maximum Gasteiger partial charge on any atom is 0.233 e. The summed E-state index contributed by atoms with van der Waals surface area (Å²) in [5, 5.41) is 13.1. The molecule has 1 fully saturated rings. The van der Waals surface area contributed by atoms with Crippen LogP contribution < -0.4 is 10.2 Å². The summed E-state index contributed by atoms with van der Waals surface area (Å²) in [6.07, 6.45) is 3.02. The molecule has 1 N–H and O–H groups in total. The van der Waals surface area contributed by atoms with E-state index in [0.717, 1.165) is 25.8 Å². The molecular formula is C15H23ClN6S. The number of unbranched alkanes of at least 4 members (excludes halogenated alkanes) is 1. The topological polar surface area (TPSA) is 77.7 Å². The second kappa shape index (κ2) is 7.54. The fraction of sp³-hybridized carbons (Fsp3) is 0.733. The van der Waals surface area contributed by atoms with Crippen molar-refractivity contribution in [3.05, 3.63) is 5.28 Å². The highest BCUT2D eigenvalue weighted by atomic mass is 35.5. The van der Waals surface area contributed by atoms with Crippen molar-refractivity contribution in [1.29, 1.82) is 5.26 Å². The first-order valence-corrected chi connectivity index (χ1v) is 9.20. The number of aromatic nitrogens is 3. The number of anilines is 2. The zero-order valence-electron chi connectivity index (χ0n) is 14.0. The van der Waals surface area contributed by atoms with Gasteiger partial charge in [-0.2, -0.15) is 20.2 Å². The number of thioether (sulfide) groups is 1. The van der Waals surface area contributed by atoms with Gasteiger partial charge in [-0.05, 0) is 38.3 Å². The SMILES string of the molecule is CCCCNc1nc(Cl)nc(N2C(CC)SC(C)(C)C2C#N)n1. The number of hydrogen-bond donors (Lipinski definition) is 1. The van der Waals surface area contributed by atoms with E-state index in [1.165, 1.54) is 0 Å². The number of rotatable bonds is 6. The Hall–Kier alpha value is -1.26. The fourth-order valence-corrected chi connectivity index (χ4v) is 4.27. The van der Waals surface area contributed by atoms with Crippen LogP contribution in [0.5, 0.6) is 0 Å². The zero-order chi connectivity index (χ0) is 17.0. The third kappa shape index (κ3) is 3.99. The number of nitrogens with zero attached hydrogens (tertiary/aromatic N) is 5. The molecule has 0 bridgehead atoms. The van der Waals surface area contributed by atoms with Crippen LogP contribution in [0.4, 0.5) is 11.9 Å². The van der Waals surface area contributed by atoms with Gasteiger partial charge in [0.05, 0.1) is 11.4 Å². The van der Waals surface area contributed by atoms with Crippen molar-refractivity contribution >= 4 is 35.3 Å². The van der Waals surface area contributed by atoms with Gasteiger partial charge in [0, 0.05) is 11.3 Å². The lowest BCUT2D eigenvalue weighted by atomic mass is 10.0. The van der Waals surface area contributed by atoms with Gasteiger partial charge in [-0.15, -0.1) is 11.8 Å². The molecule has 1 saturated heterocycles. The van der Waals surface area contributed by atoms with Crippen LogP contribution in [0.2, 0.25) is 5.28 Å². The average Bonchev–Trinajstić information content (AvgIpc) is 2.77. The lowest BCUT2D eigenvalue weighted by Crippen LogP contribution is -2.42. The quantitative estimate of drug-likeness (QED) is 0.780. The van der Waals surface area contributed by atoms with E-state index in [0.29, 0.717) is 11.9 Å². The summed E-state index contributed by atoms with van der Waals surface area (Å²) in [5.74, 6) is 0.940. The van der Waals surface area contributed by atoms with Crippen molar-refractivity contribution in [2.45, 2.75) is 63.1 Å². The molecule has 0 aromatic carbocycles. The van der Waals surface area contributed by atoms with E-state index in [1.54, 1.807) is 11.8 Å². The summed E-state index contributed by atoms with van der Waals surface area (Å²) < 4.78 is -0.190. The van der Waals surface area contributed by atoms with Gasteiger partial charge in [-0.1, -0.05) is 20.3 Å². The van der Waals surface area contributed by atoms with E-state index < -0.39 is 0 Å². The Labute approximate surface area is 147 Å². The number of nitrogens with one attached hydrogen (secondary N) is 1. The van der Waals surface area contributed by atoms with Crippen molar-refractivity contribution in [2.24, 2.45) is 0 Å². The van der Waals surface area contributed by atoms with Gasteiger partial charge in [0.15, 0.2) is 0 Å². The van der Waals surface area contributed by atoms with E-state index >= 15 is 0 Å². The molecule has 23 heavy (non-hydrogen) atoms. The van der Waals surface area contributed by atoms with Gasteiger partial charge in [0.1, 0.15) is 6.04 Å². The molecule has 0 radical (unpaired) electrons. The second-order valence-electron chi connectivity index (χ2n) is 6.03. The van der Waals surface area contributed by atoms with Crippen LogP contribution in [-0.2, 0) is 0 Å². The van der Waals surface area contributed by atoms with E-state index in [4.69, 9.17) is 11.6 Å². The standard InChI is InChI=1S/C15H23ClN6S/c1-5-7-8-18-13-19-12(16)20-14(21-13)22-10(9-17)15(3,4)23-11(22)6-2/h10-11H,5-8H2,1-4H3,(H,18,19,20,21). The molecule has 0 spiro atoms. The Morgan fingerprint density at radius 3 is 2.70 bits per heavy atom. The summed E-state index contributed by atoms with van der Waals surface area (Å²) in [7, 11) is 0. The van der Waals surface area contributed by atoms with Crippen LogP contribution >= 0.6 is 23.4 Å². The third-order valence-corrected chi connectivity index (χ3v) is 5.63. The Kier molecular flexibility index (Phi) is 5.93. The fourth-order valence-electron chi connectivity index (χ4n) is 2.63. The Morgan fingerprint density at radius 1 is 1.35 bits per heavy atom. The van der Waals surface area contributed by atoms with Crippen molar-refractivity contribution in [3.8, 4) is 6.07 Å². The van der Waals surface area contributed by atoms with Crippen molar-refractivity contribution in [3.63, 3.8) is 0 Å². The third-order valence-electron chi connectivity index (χ3n) is 3.80. The molecule has 6 nitrogen and oxygen atoms in total. The van der Waals surface area contributed by atoms with Crippen LogP contribution in [0.1, 0.15) is 47.0 Å². The number of hydrogen-bond acceptors (Lipinski definition) is 7. The first-order valence-electron chi connectivity index (χ1n) is 7.94. The van der Waals surface area contributed by atoms with E-state index in [1.807, 2.05) is 4.90 Å². The zero-order valence-corrected chi connectivity index (χ0v) is 15.6. The van der Waals surface area contributed by atoms with Crippen LogP contribution in [-0.4, -0.2) is 37.7 Å². The van der Waals surface area contributed by atoms with Gasteiger partial charge in [0.25, 0.3) is 0 Å². The molecule has 126 valence electrons. The molecule has 0 aliphatic carbocycles. The molecule has 2 atom stereocenters. The van der Waals surface area contributed by atoms with E-state index in [-0.39, 0.29) is 21.4 Å². The van der Waals surface area contributed by atoms with Crippen molar-refractivity contribution in [2.75, 3.05) is 16.8 Å². The summed E-state index contributed by atoms with van der Waals surface area (Å²) in [6, 6.07) is 2.09. The molecule has 1 aliphatic heterocycles. The van der Waals surface area contributed by atoms with E-state index in [9.17, 15) is 5.26 Å². The van der Waals surface area contributed by atoms with Crippen LogP contribution in [0, 0.1) is 11.3 Å². The van der Waals surface area contributed by atoms with Gasteiger partial charge in [-0.3, -0.25) is 0 Å². The molecule has 2 heterocycles. The summed E-state index contributed by atoms with van der Waals surface area (Å²) >= 11 is 7.85. The van der Waals surface area contributed by atoms with Gasteiger partial charge < -0.3 is 10.2 Å². The molecule has 1 aliphatic rings. The van der Waals surface area contributed by atoms with Crippen LogP contribution in [0.3, 0.4) is 0 Å². The summed E-state index contributed by atoms with van der Waals surface area (Å²) in [4.78, 5) is 14.9.